The number of primary amides is 1. The SMILES string of the molecule is CC(C)[C@H](NC(=O)[C@H](CCCN=C(N)N)NC(=O)[C@H](CC(N)=O)NC(=O)CN1C(=O)C(Cc2ccc(O)cc2)NC1/C=C/c1cnc[nH]1)C(=O)N[C@@H](Cc1ccccc1)C(=O)N[C@H](C(=O)N[C@@H](CCCCN)C(=O)N[C@@H](Cc1ccc(O)cc1)C(=O)N1CCC[C@H]1C=O)[C@@H](C)O. The van der Waals surface area contributed by atoms with Gasteiger partial charge in [-0.2, -0.15) is 0 Å². The van der Waals surface area contributed by atoms with Gasteiger partial charge >= 0.3 is 0 Å². The molecule has 0 saturated carbocycles. The van der Waals surface area contributed by atoms with Gasteiger partial charge in [0.15, 0.2) is 5.96 Å². The summed E-state index contributed by atoms with van der Waals surface area (Å²) in [7, 11) is 0. The number of nitrogens with zero attached hydrogens (tertiary/aromatic N) is 4. The van der Waals surface area contributed by atoms with Crippen LogP contribution in [0.1, 0.15) is 94.5 Å². The molecule has 2 aliphatic rings. The van der Waals surface area contributed by atoms with Gasteiger partial charge in [-0.3, -0.25) is 58.3 Å². The van der Waals surface area contributed by atoms with E-state index in [4.69, 9.17) is 22.9 Å². The van der Waals surface area contributed by atoms with Gasteiger partial charge < -0.3 is 95.1 Å². The van der Waals surface area contributed by atoms with Crippen LogP contribution < -0.4 is 65.5 Å². The van der Waals surface area contributed by atoms with E-state index in [2.05, 4.69) is 57.5 Å². The Morgan fingerprint density at radius 2 is 1.25 bits per heavy atom. The molecule has 31 heteroatoms. The van der Waals surface area contributed by atoms with E-state index in [1.54, 1.807) is 80.6 Å². The van der Waals surface area contributed by atoms with Gasteiger partial charge in [-0.1, -0.05) is 68.4 Å². The van der Waals surface area contributed by atoms with Crippen LogP contribution in [0.15, 0.2) is 102 Å². The van der Waals surface area contributed by atoms with Crippen LogP contribution in [-0.2, 0) is 72.0 Å². The zero-order valence-electron chi connectivity index (χ0n) is 53.9. The molecular formula is C65H89N17O14. The Hall–Kier alpha value is -10.3. The molecule has 2 aliphatic heterocycles. The van der Waals surface area contributed by atoms with Crippen LogP contribution in [0.3, 0.4) is 0 Å². The minimum atomic E-state index is -1.77. The van der Waals surface area contributed by atoms with E-state index in [0.29, 0.717) is 54.4 Å². The number of aliphatic hydroxyl groups is 1. The Bertz CT molecular complexity index is 3350. The van der Waals surface area contributed by atoms with Crippen molar-refractivity contribution in [3.05, 3.63) is 120 Å². The number of benzene rings is 3. The Kier molecular flexibility index (Phi) is 28.8. The Labute approximate surface area is 555 Å². The number of imidazole rings is 1. The molecule has 2 unspecified atom stereocenters. The lowest BCUT2D eigenvalue weighted by Gasteiger charge is -2.30. The zero-order valence-corrected chi connectivity index (χ0v) is 53.9. The second kappa shape index (κ2) is 37.0. The number of guanidine groups is 1. The van der Waals surface area contributed by atoms with Crippen LogP contribution in [0.25, 0.3) is 6.08 Å². The van der Waals surface area contributed by atoms with Crippen molar-refractivity contribution >= 4 is 77.4 Å². The average molecular weight is 1330 g/mol. The largest absolute Gasteiger partial charge is 0.508 e. The maximum atomic E-state index is 14.6. The molecule has 0 aliphatic carbocycles. The molecule has 2 fully saturated rings. The molecule has 10 amide bonds. The third-order valence-corrected chi connectivity index (χ3v) is 16.1. The normalized spacial score (nSPS) is 17.8. The minimum Gasteiger partial charge on any atom is -0.508 e. The first-order chi connectivity index (χ1) is 45.8. The van der Waals surface area contributed by atoms with Gasteiger partial charge in [-0.05, 0) is 124 Å². The van der Waals surface area contributed by atoms with Crippen molar-refractivity contribution in [2.24, 2.45) is 33.8 Å². The number of hydrogen-bond donors (Lipinski definition) is 16. The third kappa shape index (κ3) is 23.0. The average Bonchev–Trinajstić information content (AvgIpc) is 1.67. The lowest BCUT2D eigenvalue weighted by atomic mass is 9.99. The number of aliphatic imine (C=N–C) groups is 1. The van der Waals surface area contributed by atoms with Crippen molar-refractivity contribution in [1.82, 2.24) is 62.3 Å². The number of nitrogens with two attached hydrogens (primary N) is 4. The molecule has 2 saturated heterocycles. The summed E-state index contributed by atoms with van der Waals surface area (Å²) in [5, 5.41) is 52.4. The van der Waals surface area contributed by atoms with Gasteiger partial charge in [0.2, 0.25) is 59.1 Å². The number of rotatable bonds is 37. The van der Waals surface area contributed by atoms with E-state index >= 15 is 0 Å². The van der Waals surface area contributed by atoms with Gasteiger partial charge in [0, 0.05) is 25.9 Å². The van der Waals surface area contributed by atoms with Crippen LogP contribution >= 0.6 is 0 Å². The summed E-state index contributed by atoms with van der Waals surface area (Å²) in [5.41, 5.74) is 24.9. The molecule has 1 aromatic heterocycles. The number of amides is 10. The van der Waals surface area contributed by atoms with Crippen LogP contribution in [-0.4, -0.2) is 199 Å². The summed E-state index contributed by atoms with van der Waals surface area (Å²) in [4.78, 5) is 167. The van der Waals surface area contributed by atoms with Gasteiger partial charge in [-0.15, -0.1) is 0 Å². The van der Waals surface area contributed by atoms with Gasteiger partial charge in [-0.25, -0.2) is 4.98 Å². The van der Waals surface area contributed by atoms with E-state index in [1.807, 2.05) is 0 Å². The second-order valence-corrected chi connectivity index (χ2v) is 24.0. The molecule has 0 bridgehead atoms. The van der Waals surface area contributed by atoms with E-state index in [0.717, 1.165) is 0 Å². The number of phenolic OH excluding ortho intramolecular Hbond substituents is 2. The van der Waals surface area contributed by atoms with Crippen molar-refractivity contribution in [3.8, 4) is 11.5 Å². The zero-order chi connectivity index (χ0) is 70.0. The van der Waals surface area contributed by atoms with E-state index < -0.39 is 145 Å². The molecule has 20 N–H and O–H groups in total. The number of carbonyl (C=O) groups is 11. The van der Waals surface area contributed by atoms with Crippen molar-refractivity contribution < 1.29 is 68.1 Å². The van der Waals surface area contributed by atoms with E-state index in [9.17, 15) is 68.1 Å². The number of aldehydes is 1. The van der Waals surface area contributed by atoms with Crippen LogP contribution in [0.4, 0.5) is 0 Å². The Morgan fingerprint density at radius 3 is 1.85 bits per heavy atom. The predicted molar refractivity (Wildman–Crippen MR) is 351 cm³/mol. The molecule has 518 valence electrons. The minimum absolute atomic E-state index is 0.00465. The fourth-order valence-electron chi connectivity index (χ4n) is 11.0. The molecular weight excluding hydrogens is 1240 g/mol. The molecule has 4 aromatic rings. The number of likely N-dealkylation sites (tertiary alicyclic amines) is 1. The third-order valence-electron chi connectivity index (χ3n) is 16.1. The van der Waals surface area contributed by atoms with Gasteiger partial charge in [0.1, 0.15) is 72.8 Å². The highest BCUT2D eigenvalue weighted by Gasteiger charge is 2.41. The molecule has 11 atom stereocenters. The molecule has 6 rings (SSSR count). The Balaban J connectivity index is 1.19. The Morgan fingerprint density at radius 1 is 0.688 bits per heavy atom. The quantitative estimate of drug-likeness (QED) is 0.00950. The van der Waals surface area contributed by atoms with Crippen LogP contribution in [0, 0.1) is 5.92 Å². The number of aromatic hydroxyl groups is 2. The summed E-state index contributed by atoms with van der Waals surface area (Å²) in [6.45, 7) is 4.22. The summed E-state index contributed by atoms with van der Waals surface area (Å²) in [6, 6.07) is 8.49. The highest BCUT2D eigenvalue weighted by atomic mass is 16.3. The number of aromatic amines is 1. The number of H-pyrrole nitrogens is 1. The first-order valence-corrected chi connectivity index (χ1v) is 31.8. The lowest BCUT2D eigenvalue weighted by Crippen LogP contribution is -2.62. The first kappa shape index (κ1) is 74.8. The number of carbonyl (C=O) groups excluding carboxylic acids is 11. The molecule has 96 heavy (non-hydrogen) atoms. The maximum absolute atomic E-state index is 14.6. The first-order valence-electron chi connectivity index (χ1n) is 31.8. The molecule has 0 spiro atoms. The van der Waals surface area contributed by atoms with Crippen LogP contribution in [0.5, 0.6) is 11.5 Å². The highest BCUT2D eigenvalue weighted by molar-refractivity contribution is 5.99. The van der Waals surface area contributed by atoms with Crippen molar-refractivity contribution in [3.63, 3.8) is 0 Å². The number of phenols is 2. The maximum Gasteiger partial charge on any atom is 0.246 e. The van der Waals surface area contributed by atoms with Crippen LogP contribution in [0.2, 0.25) is 0 Å². The van der Waals surface area contributed by atoms with E-state index in [1.165, 1.54) is 53.5 Å². The second-order valence-electron chi connectivity index (χ2n) is 24.0. The summed E-state index contributed by atoms with van der Waals surface area (Å²) in [5.74, 6) is -9.67. The van der Waals surface area contributed by atoms with Gasteiger partial charge in [0.05, 0.1) is 42.8 Å². The number of aliphatic hydroxyl groups excluding tert-OH is 1. The van der Waals surface area contributed by atoms with Crippen molar-refractivity contribution in [2.75, 3.05) is 26.2 Å². The summed E-state index contributed by atoms with van der Waals surface area (Å²) in [6.07, 6.45) is 5.17. The highest BCUT2D eigenvalue weighted by Crippen LogP contribution is 2.22. The summed E-state index contributed by atoms with van der Waals surface area (Å²) < 4.78 is 0. The standard InChI is InChI=1S/C65H89N17O14/c1-37(2)55(79-58(90)47(15-9-27-71-65(68)69)75-59(91)49(32-52(67)87)74-54(88)34-82-53(25-20-42-33-70-36-72-42)73-50(64(82)96)30-40-16-21-44(85)22-17-40)61(93)77-48(29-39-11-5-4-6-12-39)60(92)80-56(38(3)84)62(94)76-46(14-7-8-26-66)57(89)78-51(31-41-18-23-45(86)24-19-41)63(95)81-28-10-13-43(81)35-83/h4-6,11-12,16-25,33,35-38,43,46-51,53,55-56,73,84-86H,7-10,13-15,26-32,34,66H2,1-3H3,(H2,67,87)(H,70,72)(H,74,88)(H,75,91)(H,76,94)(H,77,93)(H,78,89)(H,79,90)(H,80,92)(H4,68,69,71)/b25-20+/t38-,43+,46+,47+,48+,49+,50?,51+,53?,55+,56+/m1/s1. The number of nitrogens with one attached hydrogen (secondary N) is 9. The number of hydrogen-bond acceptors (Lipinski definition) is 18. The number of aromatic nitrogens is 2. The predicted octanol–water partition coefficient (Wildman–Crippen LogP) is -2.63. The lowest BCUT2D eigenvalue weighted by molar-refractivity contribution is -0.140. The molecule has 0 radical (unpaired) electrons. The molecule has 3 heterocycles. The molecule has 31 nitrogen and oxygen atoms in total. The monoisotopic (exact) mass is 1330 g/mol. The number of unbranched alkanes of at least 4 members (excludes halogenated alkanes) is 1. The van der Waals surface area contributed by atoms with Crippen molar-refractivity contribution in [1.29, 1.82) is 0 Å². The van der Waals surface area contributed by atoms with Gasteiger partial charge in [0.25, 0.3) is 0 Å². The summed E-state index contributed by atoms with van der Waals surface area (Å²) >= 11 is 0. The molecule has 3 aromatic carbocycles. The fourth-order valence-corrected chi connectivity index (χ4v) is 11.0. The van der Waals surface area contributed by atoms with Crippen molar-refractivity contribution in [2.45, 2.75) is 158 Å². The smallest absolute Gasteiger partial charge is 0.246 e. The fraction of sp³-hybridized carbons (Fsp3) is 0.462. The topological polar surface area (TPSA) is 496 Å². The van der Waals surface area contributed by atoms with E-state index in [-0.39, 0.29) is 75.6 Å².